The third kappa shape index (κ3) is 5.03. The van der Waals surface area contributed by atoms with Gasteiger partial charge in [0.2, 0.25) is 0 Å². The summed E-state index contributed by atoms with van der Waals surface area (Å²) < 4.78 is 10.4. The Bertz CT molecular complexity index is 472. The molecule has 0 N–H and O–H groups in total. The number of hydrogen-bond donors (Lipinski definition) is 0. The van der Waals surface area contributed by atoms with Crippen molar-refractivity contribution in [3.63, 3.8) is 0 Å². The zero-order valence-electron chi connectivity index (χ0n) is 12.6. The Morgan fingerprint density at radius 1 is 1.05 bits per heavy atom. The highest BCUT2D eigenvalue weighted by Gasteiger charge is 2.23. The summed E-state index contributed by atoms with van der Waals surface area (Å²) in [6.45, 7) is 7.73. The number of carbonyl (C=O) groups excluding carboxylic acids is 2. The van der Waals surface area contributed by atoms with Crippen LogP contribution in [0.3, 0.4) is 0 Å². The second kappa shape index (κ2) is 7.08. The van der Waals surface area contributed by atoms with E-state index < -0.39 is 17.5 Å². The Morgan fingerprint density at radius 2 is 1.60 bits per heavy atom. The minimum Gasteiger partial charge on any atom is -0.462 e. The van der Waals surface area contributed by atoms with Crippen molar-refractivity contribution in [1.29, 1.82) is 0 Å². The topological polar surface area (TPSA) is 52.6 Å². The van der Waals surface area contributed by atoms with Crippen LogP contribution >= 0.6 is 0 Å². The van der Waals surface area contributed by atoms with Gasteiger partial charge in [0.25, 0.3) is 0 Å². The van der Waals surface area contributed by atoms with Crippen LogP contribution in [0.15, 0.2) is 24.3 Å². The van der Waals surface area contributed by atoms with Gasteiger partial charge in [0.05, 0.1) is 17.7 Å². The van der Waals surface area contributed by atoms with E-state index in [0.29, 0.717) is 6.61 Å². The van der Waals surface area contributed by atoms with E-state index in [1.807, 2.05) is 6.92 Å². The Labute approximate surface area is 120 Å². The zero-order chi connectivity index (χ0) is 15.2. The minimum atomic E-state index is -0.601. The molecule has 1 aromatic carbocycles. The fourth-order valence-electron chi connectivity index (χ4n) is 1.56. The molecule has 20 heavy (non-hydrogen) atoms. The van der Waals surface area contributed by atoms with E-state index in [4.69, 9.17) is 9.47 Å². The molecule has 0 spiro atoms. The van der Waals surface area contributed by atoms with Gasteiger partial charge < -0.3 is 9.47 Å². The van der Waals surface area contributed by atoms with Crippen molar-refractivity contribution in [2.75, 3.05) is 6.61 Å². The van der Waals surface area contributed by atoms with E-state index in [2.05, 4.69) is 0 Å². The normalized spacial score (nSPS) is 11.0. The number of unbranched alkanes of at least 4 members (excludes halogenated alkanes) is 1. The van der Waals surface area contributed by atoms with Crippen LogP contribution in [0.1, 0.15) is 61.3 Å². The van der Waals surface area contributed by atoms with Crippen molar-refractivity contribution in [1.82, 2.24) is 0 Å². The molecule has 0 aliphatic carbocycles. The summed E-state index contributed by atoms with van der Waals surface area (Å²) in [6, 6.07) is 6.55. The molecule has 110 valence electrons. The SMILES string of the molecule is CCCCOC(=O)c1ccccc1C(=O)OC(C)(C)C. The van der Waals surface area contributed by atoms with Crippen molar-refractivity contribution in [3.05, 3.63) is 35.4 Å². The molecule has 0 aliphatic rings. The highest BCUT2D eigenvalue weighted by molar-refractivity contribution is 6.03. The molecular formula is C16H22O4. The smallest absolute Gasteiger partial charge is 0.339 e. The van der Waals surface area contributed by atoms with E-state index in [9.17, 15) is 9.59 Å². The second-order valence-corrected chi connectivity index (χ2v) is 5.54. The Balaban J connectivity index is 2.87. The van der Waals surface area contributed by atoms with Crippen LogP contribution in [-0.4, -0.2) is 24.1 Å². The lowest BCUT2D eigenvalue weighted by molar-refractivity contribution is 0.00641. The molecular weight excluding hydrogens is 256 g/mol. The third-order valence-electron chi connectivity index (χ3n) is 2.50. The van der Waals surface area contributed by atoms with Crippen LogP contribution < -0.4 is 0 Å². The number of hydrogen-bond acceptors (Lipinski definition) is 4. The number of carbonyl (C=O) groups is 2. The largest absolute Gasteiger partial charge is 0.462 e. The molecule has 0 aliphatic heterocycles. The van der Waals surface area contributed by atoms with Crippen molar-refractivity contribution in [2.24, 2.45) is 0 Å². The van der Waals surface area contributed by atoms with Crippen LogP contribution in [0.2, 0.25) is 0 Å². The first-order valence-corrected chi connectivity index (χ1v) is 6.84. The standard InChI is InChI=1S/C16H22O4/c1-5-6-11-19-14(17)12-9-7-8-10-13(12)15(18)20-16(2,3)4/h7-10H,5-6,11H2,1-4H3. The first kappa shape index (κ1) is 16.2. The lowest BCUT2D eigenvalue weighted by Gasteiger charge is -2.20. The molecule has 0 radical (unpaired) electrons. The predicted molar refractivity (Wildman–Crippen MR) is 76.8 cm³/mol. The summed E-state index contributed by atoms with van der Waals surface area (Å²) in [6.07, 6.45) is 1.75. The molecule has 0 heterocycles. The second-order valence-electron chi connectivity index (χ2n) is 5.54. The van der Waals surface area contributed by atoms with E-state index >= 15 is 0 Å². The monoisotopic (exact) mass is 278 g/mol. The average molecular weight is 278 g/mol. The molecule has 0 saturated carbocycles. The van der Waals surface area contributed by atoms with Gasteiger partial charge in [-0.2, -0.15) is 0 Å². The van der Waals surface area contributed by atoms with Gasteiger partial charge in [-0.05, 0) is 39.3 Å². The molecule has 4 nitrogen and oxygen atoms in total. The van der Waals surface area contributed by atoms with Gasteiger partial charge in [0.1, 0.15) is 5.60 Å². The van der Waals surface area contributed by atoms with E-state index in [1.165, 1.54) is 0 Å². The minimum absolute atomic E-state index is 0.240. The van der Waals surface area contributed by atoms with Crippen LogP contribution in [0, 0.1) is 0 Å². The van der Waals surface area contributed by atoms with Crippen molar-refractivity contribution >= 4 is 11.9 Å². The Morgan fingerprint density at radius 3 is 2.10 bits per heavy atom. The maximum atomic E-state index is 12.1. The number of rotatable bonds is 5. The molecule has 1 rings (SSSR count). The first-order chi connectivity index (χ1) is 9.35. The molecule has 4 heteroatoms. The lowest BCUT2D eigenvalue weighted by Crippen LogP contribution is -2.25. The molecule has 0 atom stereocenters. The van der Waals surface area contributed by atoms with E-state index in [-0.39, 0.29) is 11.1 Å². The van der Waals surface area contributed by atoms with Crippen LogP contribution in [0.5, 0.6) is 0 Å². The zero-order valence-corrected chi connectivity index (χ0v) is 12.6. The van der Waals surface area contributed by atoms with Gasteiger partial charge in [-0.25, -0.2) is 9.59 Å². The number of ether oxygens (including phenoxy) is 2. The van der Waals surface area contributed by atoms with Crippen LogP contribution in [-0.2, 0) is 9.47 Å². The fraction of sp³-hybridized carbons (Fsp3) is 0.500. The van der Waals surface area contributed by atoms with Crippen LogP contribution in [0.25, 0.3) is 0 Å². The molecule has 1 aromatic rings. The van der Waals surface area contributed by atoms with Gasteiger partial charge in [-0.15, -0.1) is 0 Å². The Kier molecular flexibility index (Phi) is 5.74. The van der Waals surface area contributed by atoms with Gasteiger partial charge in [0, 0.05) is 0 Å². The van der Waals surface area contributed by atoms with Gasteiger partial charge >= 0.3 is 11.9 Å². The van der Waals surface area contributed by atoms with Crippen molar-refractivity contribution in [3.8, 4) is 0 Å². The first-order valence-electron chi connectivity index (χ1n) is 6.84. The van der Waals surface area contributed by atoms with Crippen molar-refractivity contribution in [2.45, 2.75) is 46.1 Å². The predicted octanol–water partition coefficient (Wildman–Crippen LogP) is 3.60. The molecule has 0 fully saturated rings. The summed E-state index contributed by atoms with van der Waals surface area (Å²) in [5.74, 6) is -1.000. The number of benzene rings is 1. The summed E-state index contributed by atoms with van der Waals surface area (Å²) >= 11 is 0. The molecule has 0 bridgehead atoms. The average Bonchev–Trinajstić information content (AvgIpc) is 2.37. The van der Waals surface area contributed by atoms with E-state index in [1.54, 1.807) is 45.0 Å². The summed E-state index contributed by atoms with van der Waals surface area (Å²) in [4.78, 5) is 24.1. The molecule has 0 saturated heterocycles. The summed E-state index contributed by atoms with van der Waals surface area (Å²) in [5.41, 5.74) is -0.113. The number of esters is 2. The summed E-state index contributed by atoms with van der Waals surface area (Å²) in [7, 11) is 0. The van der Waals surface area contributed by atoms with E-state index in [0.717, 1.165) is 12.8 Å². The maximum Gasteiger partial charge on any atom is 0.339 e. The van der Waals surface area contributed by atoms with Gasteiger partial charge in [-0.1, -0.05) is 25.5 Å². The van der Waals surface area contributed by atoms with Gasteiger partial charge in [-0.3, -0.25) is 0 Å². The lowest BCUT2D eigenvalue weighted by atomic mass is 10.1. The molecule has 0 aromatic heterocycles. The van der Waals surface area contributed by atoms with Crippen molar-refractivity contribution < 1.29 is 19.1 Å². The van der Waals surface area contributed by atoms with Crippen LogP contribution in [0.4, 0.5) is 0 Å². The summed E-state index contributed by atoms with van der Waals surface area (Å²) in [5, 5.41) is 0. The third-order valence-corrected chi connectivity index (χ3v) is 2.50. The quantitative estimate of drug-likeness (QED) is 0.610. The maximum absolute atomic E-state index is 12.1. The Hall–Kier alpha value is -1.84. The fourth-order valence-corrected chi connectivity index (χ4v) is 1.56. The van der Waals surface area contributed by atoms with Gasteiger partial charge in [0.15, 0.2) is 0 Å². The highest BCUT2D eigenvalue weighted by Crippen LogP contribution is 2.16. The molecule has 0 unspecified atom stereocenters. The highest BCUT2D eigenvalue weighted by atomic mass is 16.6. The molecule has 0 amide bonds.